The van der Waals surface area contributed by atoms with Crippen molar-refractivity contribution in [2.45, 2.75) is 51.1 Å². The second-order valence-corrected chi connectivity index (χ2v) is 6.79. The van der Waals surface area contributed by atoms with E-state index < -0.39 is 0 Å². The van der Waals surface area contributed by atoms with Crippen LogP contribution < -0.4 is 5.32 Å². The first kappa shape index (κ1) is 12.6. The zero-order valence-corrected chi connectivity index (χ0v) is 12.3. The van der Waals surface area contributed by atoms with E-state index in [0.717, 1.165) is 5.82 Å². The molecule has 1 aromatic heterocycles. The topological polar surface area (TPSA) is 62.7 Å². The SMILES string of the molecule is O=C(NCc1n[nH]c(=S)n1C1CC1)C1[C@@H]2CCCC[C@@H]12. The number of nitrogens with one attached hydrogen (secondary N) is 2. The summed E-state index contributed by atoms with van der Waals surface area (Å²) in [6.45, 7) is 0.498. The van der Waals surface area contributed by atoms with Gasteiger partial charge in [0.25, 0.3) is 0 Å². The molecule has 108 valence electrons. The molecular weight excluding hydrogens is 272 g/mol. The molecule has 5 nitrogen and oxygen atoms in total. The lowest BCUT2D eigenvalue weighted by molar-refractivity contribution is -0.123. The van der Waals surface area contributed by atoms with E-state index in [-0.39, 0.29) is 11.8 Å². The molecule has 3 fully saturated rings. The van der Waals surface area contributed by atoms with Gasteiger partial charge in [0.15, 0.2) is 10.6 Å². The number of rotatable bonds is 4. The van der Waals surface area contributed by atoms with Crippen molar-refractivity contribution in [2.24, 2.45) is 17.8 Å². The summed E-state index contributed by atoms with van der Waals surface area (Å²) in [6.07, 6.45) is 7.41. The minimum atomic E-state index is 0.221. The van der Waals surface area contributed by atoms with Gasteiger partial charge in [0.1, 0.15) is 0 Å². The van der Waals surface area contributed by atoms with Crippen molar-refractivity contribution in [1.29, 1.82) is 0 Å². The minimum Gasteiger partial charge on any atom is -0.349 e. The van der Waals surface area contributed by atoms with Crippen LogP contribution in [0.25, 0.3) is 0 Å². The maximum atomic E-state index is 12.3. The molecule has 2 N–H and O–H groups in total. The number of H-pyrrole nitrogens is 1. The molecule has 6 heteroatoms. The highest BCUT2D eigenvalue weighted by Gasteiger charge is 2.54. The zero-order valence-electron chi connectivity index (χ0n) is 11.5. The lowest BCUT2D eigenvalue weighted by Crippen LogP contribution is -2.27. The van der Waals surface area contributed by atoms with Crippen molar-refractivity contribution in [3.8, 4) is 0 Å². The van der Waals surface area contributed by atoms with Crippen LogP contribution in [0, 0.1) is 22.5 Å². The molecule has 3 aliphatic carbocycles. The number of carbonyl (C=O) groups excluding carboxylic acids is 1. The molecule has 1 amide bonds. The van der Waals surface area contributed by atoms with Gasteiger partial charge in [-0.2, -0.15) is 5.10 Å². The number of aromatic amines is 1. The van der Waals surface area contributed by atoms with Gasteiger partial charge in [0.2, 0.25) is 5.91 Å². The second-order valence-electron chi connectivity index (χ2n) is 6.40. The summed E-state index contributed by atoms with van der Waals surface area (Å²) in [5, 5.41) is 10.2. The normalized spacial score (nSPS) is 31.7. The Bertz CT molecular complexity index is 576. The third-order valence-electron chi connectivity index (χ3n) is 5.07. The van der Waals surface area contributed by atoms with Crippen LogP contribution in [0.1, 0.15) is 50.4 Å². The first-order valence-electron chi connectivity index (χ1n) is 7.69. The molecule has 0 aromatic carbocycles. The van der Waals surface area contributed by atoms with Gasteiger partial charge in [0.05, 0.1) is 6.54 Å². The number of hydrogen-bond donors (Lipinski definition) is 2. The number of hydrogen-bond acceptors (Lipinski definition) is 3. The van der Waals surface area contributed by atoms with Gasteiger partial charge in [-0.25, -0.2) is 0 Å². The average Bonchev–Trinajstić information content (AvgIpc) is 3.35. The van der Waals surface area contributed by atoms with Crippen molar-refractivity contribution < 1.29 is 4.79 Å². The van der Waals surface area contributed by atoms with Crippen molar-refractivity contribution >= 4 is 18.1 Å². The Morgan fingerprint density at radius 1 is 1.30 bits per heavy atom. The zero-order chi connectivity index (χ0) is 13.7. The number of carbonyl (C=O) groups is 1. The van der Waals surface area contributed by atoms with E-state index in [1.54, 1.807) is 0 Å². The van der Waals surface area contributed by atoms with Crippen molar-refractivity contribution in [1.82, 2.24) is 20.1 Å². The van der Waals surface area contributed by atoms with Crippen LogP contribution in [0.4, 0.5) is 0 Å². The molecule has 2 atom stereocenters. The molecule has 4 rings (SSSR count). The Morgan fingerprint density at radius 2 is 2.00 bits per heavy atom. The summed E-state index contributed by atoms with van der Waals surface area (Å²) in [7, 11) is 0. The summed E-state index contributed by atoms with van der Waals surface area (Å²) in [5.41, 5.74) is 0. The number of nitrogens with zero attached hydrogens (tertiary/aromatic N) is 2. The molecule has 0 saturated heterocycles. The molecule has 1 aromatic rings. The summed E-state index contributed by atoms with van der Waals surface area (Å²) in [5.74, 6) is 2.68. The highest BCUT2D eigenvalue weighted by Crippen LogP contribution is 2.55. The first-order valence-corrected chi connectivity index (χ1v) is 8.10. The molecule has 0 bridgehead atoms. The largest absolute Gasteiger partial charge is 0.349 e. The fourth-order valence-electron chi connectivity index (χ4n) is 3.84. The van der Waals surface area contributed by atoms with Crippen LogP contribution in [-0.2, 0) is 11.3 Å². The van der Waals surface area contributed by atoms with E-state index in [9.17, 15) is 4.79 Å². The van der Waals surface area contributed by atoms with Gasteiger partial charge in [-0.15, -0.1) is 0 Å². The third kappa shape index (κ3) is 2.10. The average molecular weight is 292 g/mol. The molecule has 0 aliphatic heterocycles. The molecule has 0 radical (unpaired) electrons. The van der Waals surface area contributed by atoms with Crippen LogP contribution in [0.2, 0.25) is 0 Å². The predicted molar refractivity (Wildman–Crippen MR) is 76.5 cm³/mol. The molecular formula is C14H20N4OS. The molecule has 3 aliphatic rings. The highest BCUT2D eigenvalue weighted by molar-refractivity contribution is 7.71. The summed E-state index contributed by atoms with van der Waals surface area (Å²) in [4.78, 5) is 12.3. The van der Waals surface area contributed by atoms with E-state index in [0.29, 0.717) is 29.2 Å². The van der Waals surface area contributed by atoms with Gasteiger partial charge in [0, 0.05) is 12.0 Å². The number of aromatic nitrogens is 3. The Labute approximate surface area is 123 Å². The monoisotopic (exact) mass is 292 g/mol. The van der Waals surface area contributed by atoms with Crippen LogP contribution in [0.5, 0.6) is 0 Å². The quantitative estimate of drug-likeness (QED) is 0.837. The Morgan fingerprint density at radius 3 is 2.65 bits per heavy atom. The fraction of sp³-hybridized carbons (Fsp3) is 0.786. The van der Waals surface area contributed by atoms with Gasteiger partial charge in [-0.1, -0.05) is 12.8 Å². The van der Waals surface area contributed by atoms with E-state index >= 15 is 0 Å². The van der Waals surface area contributed by atoms with E-state index in [1.165, 1.54) is 38.5 Å². The first-order chi connectivity index (χ1) is 9.75. The van der Waals surface area contributed by atoms with Crippen LogP contribution in [0.3, 0.4) is 0 Å². The van der Waals surface area contributed by atoms with Crippen LogP contribution >= 0.6 is 12.2 Å². The highest BCUT2D eigenvalue weighted by atomic mass is 32.1. The van der Waals surface area contributed by atoms with E-state index in [1.807, 2.05) is 0 Å². The standard InChI is InChI=1S/C14H20N4OS/c19-13(12-9-3-1-2-4-10(9)12)15-7-11-16-17-14(20)18(11)8-5-6-8/h8-10,12H,1-7H2,(H,15,19)(H,17,20)/t9-,10-/m1/s1. The van der Waals surface area contributed by atoms with Crippen molar-refractivity contribution in [2.75, 3.05) is 0 Å². The van der Waals surface area contributed by atoms with E-state index in [2.05, 4.69) is 20.1 Å². The van der Waals surface area contributed by atoms with Gasteiger partial charge >= 0.3 is 0 Å². The lowest BCUT2D eigenvalue weighted by Gasteiger charge is -2.06. The summed E-state index contributed by atoms with van der Waals surface area (Å²) < 4.78 is 2.74. The molecule has 0 unspecified atom stereocenters. The Hall–Kier alpha value is -1.17. The van der Waals surface area contributed by atoms with Gasteiger partial charge < -0.3 is 5.32 Å². The molecule has 20 heavy (non-hydrogen) atoms. The molecule has 0 spiro atoms. The number of fused-ring (bicyclic) bond motifs is 1. The maximum absolute atomic E-state index is 12.3. The maximum Gasteiger partial charge on any atom is 0.224 e. The second kappa shape index (κ2) is 4.69. The minimum absolute atomic E-state index is 0.221. The van der Waals surface area contributed by atoms with Crippen molar-refractivity contribution in [3.63, 3.8) is 0 Å². The van der Waals surface area contributed by atoms with Gasteiger partial charge in [-0.3, -0.25) is 14.5 Å². The molecule has 1 heterocycles. The fourth-order valence-corrected chi connectivity index (χ4v) is 4.14. The summed E-state index contributed by atoms with van der Waals surface area (Å²) in [6, 6.07) is 0.497. The Balaban J connectivity index is 1.39. The number of amides is 1. The van der Waals surface area contributed by atoms with Crippen LogP contribution in [-0.4, -0.2) is 20.7 Å². The summed E-state index contributed by atoms with van der Waals surface area (Å²) >= 11 is 5.25. The van der Waals surface area contributed by atoms with Gasteiger partial charge in [-0.05, 0) is 49.7 Å². The smallest absolute Gasteiger partial charge is 0.224 e. The lowest BCUT2D eigenvalue weighted by atomic mass is 10.0. The third-order valence-corrected chi connectivity index (χ3v) is 5.36. The molecule has 3 saturated carbocycles. The van der Waals surface area contributed by atoms with E-state index in [4.69, 9.17) is 12.2 Å². The van der Waals surface area contributed by atoms with Crippen molar-refractivity contribution in [3.05, 3.63) is 10.6 Å². The van der Waals surface area contributed by atoms with Crippen LogP contribution in [0.15, 0.2) is 0 Å². The Kier molecular flexibility index (Phi) is 2.94. The predicted octanol–water partition coefficient (Wildman–Crippen LogP) is 2.33.